The maximum atomic E-state index is 12.7. The highest BCUT2D eigenvalue weighted by atomic mass is 16.5. The van der Waals surface area contributed by atoms with E-state index in [4.69, 9.17) is 14.2 Å². The minimum Gasteiger partial charge on any atom is -0.495 e. The molecule has 0 radical (unpaired) electrons. The Kier molecular flexibility index (Phi) is 5.16. The summed E-state index contributed by atoms with van der Waals surface area (Å²) in [6.45, 7) is 1.29. The predicted octanol–water partition coefficient (Wildman–Crippen LogP) is 4.00. The van der Waals surface area contributed by atoms with Crippen molar-refractivity contribution in [3.8, 4) is 11.5 Å². The molecule has 0 spiro atoms. The largest absolute Gasteiger partial charge is 0.495 e. The molecule has 2 aromatic rings. The first-order chi connectivity index (χ1) is 13.2. The van der Waals surface area contributed by atoms with Gasteiger partial charge in [0.05, 0.1) is 31.7 Å². The molecule has 1 aliphatic carbocycles. The van der Waals surface area contributed by atoms with Crippen molar-refractivity contribution < 1.29 is 19.0 Å². The fourth-order valence-electron chi connectivity index (χ4n) is 3.68. The number of rotatable bonds is 5. The highest BCUT2D eigenvalue weighted by molar-refractivity contribution is 6.02. The Labute approximate surface area is 158 Å². The second-order valence-electron chi connectivity index (χ2n) is 6.81. The number of anilines is 2. The Balaban J connectivity index is 1.50. The van der Waals surface area contributed by atoms with Crippen molar-refractivity contribution in [2.75, 3.05) is 31.0 Å². The van der Waals surface area contributed by atoms with Gasteiger partial charge >= 0.3 is 6.03 Å². The highest BCUT2D eigenvalue weighted by Gasteiger charge is 2.22. The average Bonchev–Trinajstić information content (AvgIpc) is 3.35. The minimum atomic E-state index is -0.313. The molecule has 0 bridgehead atoms. The third-order valence-corrected chi connectivity index (χ3v) is 5.02. The van der Waals surface area contributed by atoms with Gasteiger partial charge in [-0.2, -0.15) is 0 Å². The molecule has 1 heterocycles. The monoisotopic (exact) mass is 368 g/mol. The van der Waals surface area contributed by atoms with Gasteiger partial charge < -0.3 is 24.8 Å². The lowest BCUT2D eigenvalue weighted by Gasteiger charge is -2.18. The van der Waals surface area contributed by atoms with Crippen LogP contribution in [0.3, 0.4) is 0 Å². The molecule has 4 rings (SSSR count). The lowest BCUT2D eigenvalue weighted by Crippen LogP contribution is -2.22. The lowest BCUT2D eigenvalue weighted by molar-refractivity contribution is 0.142. The topological polar surface area (TPSA) is 68.8 Å². The van der Waals surface area contributed by atoms with Crippen LogP contribution in [-0.4, -0.2) is 32.5 Å². The molecule has 1 unspecified atom stereocenters. The summed E-state index contributed by atoms with van der Waals surface area (Å²) in [5, 5.41) is 5.88. The number of urea groups is 1. The van der Waals surface area contributed by atoms with Gasteiger partial charge in [-0.25, -0.2) is 4.79 Å². The molecule has 6 nitrogen and oxygen atoms in total. The molecule has 6 heteroatoms. The second kappa shape index (κ2) is 7.88. The third kappa shape index (κ3) is 3.85. The summed E-state index contributed by atoms with van der Waals surface area (Å²) in [6.07, 6.45) is 3.96. The molecule has 1 atom stereocenters. The SMILES string of the molecule is COc1ccc2c(c1NC(=O)Nc1ccccc1OC1CCOC1)CCC2. The predicted molar refractivity (Wildman–Crippen MR) is 104 cm³/mol. The van der Waals surface area contributed by atoms with Crippen LogP contribution in [0.2, 0.25) is 0 Å². The maximum Gasteiger partial charge on any atom is 0.323 e. The van der Waals surface area contributed by atoms with Crippen LogP contribution in [-0.2, 0) is 17.6 Å². The normalized spacial score (nSPS) is 18.0. The summed E-state index contributed by atoms with van der Waals surface area (Å²) >= 11 is 0. The van der Waals surface area contributed by atoms with E-state index in [0.717, 1.165) is 36.9 Å². The number of carbonyl (C=O) groups is 1. The van der Waals surface area contributed by atoms with E-state index in [-0.39, 0.29) is 12.1 Å². The summed E-state index contributed by atoms with van der Waals surface area (Å²) in [4.78, 5) is 12.7. The van der Waals surface area contributed by atoms with Crippen LogP contribution in [0.5, 0.6) is 11.5 Å². The first kappa shape index (κ1) is 17.7. The van der Waals surface area contributed by atoms with Crippen LogP contribution < -0.4 is 20.1 Å². The fourth-order valence-corrected chi connectivity index (χ4v) is 3.68. The van der Waals surface area contributed by atoms with Crippen molar-refractivity contribution in [1.29, 1.82) is 0 Å². The zero-order valence-corrected chi connectivity index (χ0v) is 15.4. The number of hydrogen-bond donors (Lipinski definition) is 2. The molecular weight excluding hydrogens is 344 g/mol. The lowest BCUT2D eigenvalue weighted by atomic mass is 10.1. The Morgan fingerprint density at radius 3 is 2.81 bits per heavy atom. The molecule has 1 aliphatic heterocycles. The molecule has 1 saturated heterocycles. The number of ether oxygens (including phenoxy) is 3. The number of methoxy groups -OCH3 is 1. The van der Waals surface area contributed by atoms with Crippen LogP contribution in [0.25, 0.3) is 0 Å². The van der Waals surface area contributed by atoms with Crippen molar-refractivity contribution in [2.24, 2.45) is 0 Å². The van der Waals surface area contributed by atoms with Crippen LogP contribution in [0.15, 0.2) is 36.4 Å². The number of nitrogens with one attached hydrogen (secondary N) is 2. The van der Waals surface area contributed by atoms with Crippen molar-refractivity contribution in [1.82, 2.24) is 0 Å². The third-order valence-electron chi connectivity index (χ3n) is 5.02. The number of hydrogen-bond acceptors (Lipinski definition) is 4. The Bertz CT molecular complexity index is 831. The first-order valence-corrected chi connectivity index (χ1v) is 9.35. The van der Waals surface area contributed by atoms with E-state index in [9.17, 15) is 4.79 Å². The molecule has 2 amide bonds. The van der Waals surface area contributed by atoms with E-state index in [0.29, 0.717) is 30.4 Å². The van der Waals surface area contributed by atoms with Crippen LogP contribution in [0.4, 0.5) is 16.2 Å². The molecule has 2 aliphatic rings. The molecule has 0 aromatic heterocycles. The Morgan fingerprint density at radius 2 is 2.00 bits per heavy atom. The second-order valence-corrected chi connectivity index (χ2v) is 6.81. The van der Waals surface area contributed by atoms with Crippen molar-refractivity contribution in [3.63, 3.8) is 0 Å². The summed E-state index contributed by atoms with van der Waals surface area (Å²) in [6, 6.07) is 11.1. The summed E-state index contributed by atoms with van der Waals surface area (Å²) in [7, 11) is 1.62. The standard InChI is InChI=1S/C21H24N2O4/c1-25-19-10-9-14-5-4-6-16(14)20(19)23-21(24)22-17-7-2-3-8-18(17)27-15-11-12-26-13-15/h2-3,7-10,15H,4-6,11-13H2,1H3,(H2,22,23,24). The van der Waals surface area contributed by atoms with Crippen LogP contribution >= 0.6 is 0 Å². The number of fused-ring (bicyclic) bond motifs is 1. The summed E-state index contributed by atoms with van der Waals surface area (Å²) in [5.41, 5.74) is 3.83. The molecular formula is C21H24N2O4. The zero-order valence-electron chi connectivity index (χ0n) is 15.4. The van der Waals surface area contributed by atoms with E-state index in [1.165, 1.54) is 5.56 Å². The van der Waals surface area contributed by atoms with Gasteiger partial charge in [0.2, 0.25) is 0 Å². The molecule has 27 heavy (non-hydrogen) atoms. The van der Waals surface area contributed by atoms with Gasteiger partial charge in [-0.1, -0.05) is 18.2 Å². The van der Waals surface area contributed by atoms with Gasteiger partial charge in [-0.3, -0.25) is 0 Å². The van der Waals surface area contributed by atoms with E-state index in [1.54, 1.807) is 7.11 Å². The van der Waals surface area contributed by atoms with Gasteiger partial charge in [-0.15, -0.1) is 0 Å². The number of carbonyl (C=O) groups excluding carboxylic acids is 1. The summed E-state index contributed by atoms with van der Waals surface area (Å²) in [5.74, 6) is 1.33. The average molecular weight is 368 g/mol. The van der Waals surface area contributed by atoms with E-state index >= 15 is 0 Å². The first-order valence-electron chi connectivity index (χ1n) is 9.35. The number of benzene rings is 2. The van der Waals surface area contributed by atoms with Crippen LogP contribution in [0, 0.1) is 0 Å². The van der Waals surface area contributed by atoms with Crippen molar-refractivity contribution in [2.45, 2.75) is 31.8 Å². The molecule has 0 saturated carbocycles. The van der Waals surface area contributed by atoms with Crippen molar-refractivity contribution in [3.05, 3.63) is 47.5 Å². The van der Waals surface area contributed by atoms with Crippen molar-refractivity contribution >= 4 is 17.4 Å². The Morgan fingerprint density at radius 1 is 1.11 bits per heavy atom. The van der Waals surface area contributed by atoms with Gasteiger partial charge in [0.25, 0.3) is 0 Å². The minimum absolute atomic E-state index is 0.0218. The maximum absolute atomic E-state index is 12.7. The van der Waals surface area contributed by atoms with Gasteiger partial charge in [-0.05, 0) is 48.6 Å². The Hall–Kier alpha value is -2.73. The fraction of sp³-hybridized carbons (Fsp3) is 0.381. The number of para-hydroxylation sites is 2. The van der Waals surface area contributed by atoms with E-state index < -0.39 is 0 Å². The smallest absolute Gasteiger partial charge is 0.323 e. The van der Waals surface area contributed by atoms with E-state index in [1.807, 2.05) is 30.3 Å². The van der Waals surface area contributed by atoms with Crippen LogP contribution in [0.1, 0.15) is 24.0 Å². The highest BCUT2D eigenvalue weighted by Crippen LogP contribution is 2.36. The molecule has 2 N–H and O–H groups in total. The number of amides is 2. The van der Waals surface area contributed by atoms with E-state index in [2.05, 4.69) is 16.7 Å². The van der Waals surface area contributed by atoms with Gasteiger partial charge in [0.1, 0.15) is 17.6 Å². The number of aryl methyl sites for hydroxylation is 1. The zero-order chi connectivity index (χ0) is 18.6. The molecule has 2 aromatic carbocycles. The van der Waals surface area contributed by atoms with Gasteiger partial charge in [0.15, 0.2) is 0 Å². The quantitative estimate of drug-likeness (QED) is 0.837. The van der Waals surface area contributed by atoms with Gasteiger partial charge in [0, 0.05) is 6.42 Å². The molecule has 1 fully saturated rings. The summed E-state index contributed by atoms with van der Waals surface area (Å²) < 4.78 is 16.8. The molecule has 142 valence electrons.